The van der Waals surface area contributed by atoms with Crippen LogP contribution in [0.1, 0.15) is 36.0 Å². The number of sulfonamides is 1. The fraction of sp³-hybridized carbons (Fsp3) is 0.538. The Labute approximate surface area is 137 Å². The maximum absolute atomic E-state index is 12.5. The molecule has 0 spiro atoms. The van der Waals surface area contributed by atoms with E-state index in [1.807, 2.05) is 0 Å². The molecule has 1 heterocycles. The summed E-state index contributed by atoms with van der Waals surface area (Å²) in [4.78, 5) is 23.5. The van der Waals surface area contributed by atoms with Gasteiger partial charge in [0.15, 0.2) is 0 Å². The van der Waals surface area contributed by atoms with Gasteiger partial charge in [-0.15, -0.1) is 11.3 Å². The number of hydrogen-bond acceptors (Lipinski definition) is 6. The third-order valence-electron chi connectivity index (χ3n) is 3.98. The van der Waals surface area contributed by atoms with Crippen LogP contribution in [0.3, 0.4) is 0 Å². The zero-order chi connectivity index (χ0) is 16.9. The second-order valence-electron chi connectivity index (χ2n) is 5.83. The summed E-state index contributed by atoms with van der Waals surface area (Å²) in [5.41, 5.74) is 5.09. The van der Waals surface area contributed by atoms with Gasteiger partial charge in [-0.25, -0.2) is 8.42 Å². The summed E-state index contributed by atoms with van der Waals surface area (Å²) in [6.45, 7) is 0. The van der Waals surface area contributed by atoms with Crippen LogP contribution in [-0.2, 0) is 14.8 Å². The maximum Gasteiger partial charge on any atom is 0.254 e. The minimum atomic E-state index is -3.78. The van der Waals surface area contributed by atoms with Gasteiger partial charge >= 0.3 is 0 Å². The van der Waals surface area contributed by atoms with Crippen molar-refractivity contribution in [3.05, 3.63) is 11.6 Å². The van der Waals surface area contributed by atoms with Crippen LogP contribution in [0.2, 0.25) is 0 Å². The molecule has 0 aliphatic heterocycles. The molecule has 0 bridgehead atoms. The van der Waals surface area contributed by atoms with Crippen molar-refractivity contribution in [2.24, 2.45) is 11.7 Å². The number of carbonyl (C=O) groups excluding carboxylic acids is 2. The zero-order valence-corrected chi connectivity index (χ0v) is 14.1. The van der Waals surface area contributed by atoms with Crippen LogP contribution in [0.5, 0.6) is 0 Å². The molecule has 126 valence electrons. The second-order valence-corrected chi connectivity index (χ2v) is 9.08. The predicted molar refractivity (Wildman–Crippen MR) is 82.8 cm³/mol. The van der Waals surface area contributed by atoms with E-state index in [2.05, 4.69) is 0 Å². The highest BCUT2D eigenvalue weighted by Gasteiger charge is 2.39. The SMILES string of the molecule is CN(C1CC1)S(=O)(=O)c1cc(C(N)=O)c(N(O)C(=O)C2CC2)s1. The Morgan fingerprint density at radius 3 is 2.39 bits per heavy atom. The van der Waals surface area contributed by atoms with Gasteiger partial charge in [0.1, 0.15) is 9.21 Å². The highest BCUT2D eigenvalue weighted by atomic mass is 32.2. The number of amides is 2. The average molecular weight is 359 g/mol. The molecule has 10 heteroatoms. The van der Waals surface area contributed by atoms with Crippen molar-refractivity contribution >= 4 is 38.2 Å². The van der Waals surface area contributed by atoms with E-state index < -0.39 is 21.8 Å². The smallest absolute Gasteiger partial charge is 0.254 e. The first-order chi connectivity index (χ1) is 10.7. The second kappa shape index (κ2) is 5.55. The Bertz CT molecular complexity index is 765. The van der Waals surface area contributed by atoms with E-state index in [4.69, 9.17) is 5.73 Å². The lowest BCUT2D eigenvalue weighted by Gasteiger charge is -2.15. The van der Waals surface area contributed by atoms with Crippen LogP contribution >= 0.6 is 11.3 Å². The lowest BCUT2D eigenvalue weighted by molar-refractivity contribution is -0.124. The Balaban J connectivity index is 1.98. The molecular formula is C13H17N3O5S2. The minimum absolute atomic E-state index is 0.0408. The van der Waals surface area contributed by atoms with Crippen LogP contribution in [0.25, 0.3) is 0 Å². The van der Waals surface area contributed by atoms with Gasteiger partial charge in [0.25, 0.3) is 21.8 Å². The summed E-state index contributed by atoms with van der Waals surface area (Å²) in [5.74, 6) is -1.72. The molecule has 0 aromatic carbocycles. The van der Waals surface area contributed by atoms with Crippen LogP contribution in [0.4, 0.5) is 5.00 Å². The standard InChI is InChI=1S/C13H17N3O5S2/c1-15(8-4-5-8)23(20,21)10-6-9(11(14)17)13(22-10)16(19)12(18)7-2-3-7/h6-8,19H,2-5H2,1H3,(H2,14,17). The largest absolute Gasteiger partial charge is 0.366 e. The van der Waals surface area contributed by atoms with E-state index in [9.17, 15) is 23.2 Å². The van der Waals surface area contributed by atoms with Gasteiger partial charge in [0.2, 0.25) is 0 Å². The predicted octanol–water partition coefficient (Wildman–Crippen LogP) is 0.762. The Kier molecular flexibility index (Phi) is 3.95. The molecule has 3 rings (SSSR count). The average Bonchev–Trinajstić information content (AvgIpc) is 3.40. The molecule has 0 atom stereocenters. The Hall–Kier alpha value is -1.49. The first-order valence-corrected chi connectivity index (χ1v) is 9.43. The van der Waals surface area contributed by atoms with Crippen LogP contribution in [0.15, 0.2) is 10.3 Å². The van der Waals surface area contributed by atoms with Crippen molar-refractivity contribution in [2.75, 3.05) is 12.1 Å². The first-order valence-electron chi connectivity index (χ1n) is 7.18. The maximum atomic E-state index is 12.5. The third kappa shape index (κ3) is 2.99. The number of hydroxylamine groups is 1. The van der Waals surface area contributed by atoms with Crippen molar-refractivity contribution in [1.29, 1.82) is 0 Å². The van der Waals surface area contributed by atoms with E-state index in [1.54, 1.807) is 0 Å². The normalized spacial score (nSPS) is 18.2. The highest BCUT2D eigenvalue weighted by Crippen LogP contribution is 2.40. The lowest BCUT2D eigenvalue weighted by atomic mass is 10.3. The summed E-state index contributed by atoms with van der Waals surface area (Å²) in [5, 5.41) is 10.3. The Morgan fingerprint density at radius 2 is 1.91 bits per heavy atom. The van der Waals surface area contributed by atoms with E-state index in [0.29, 0.717) is 29.2 Å². The molecule has 8 nitrogen and oxygen atoms in total. The molecule has 2 amide bonds. The fourth-order valence-corrected chi connectivity index (χ4v) is 5.18. The number of carbonyl (C=O) groups is 2. The van der Waals surface area contributed by atoms with Gasteiger partial charge in [0.05, 0.1) is 5.56 Å². The lowest BCUT2D eigenvalue weighted by Crippen LogP contribution is -2.29. The van der Waals surface area contributed by atoms with E-state index in [0.717, 1.165) is 18.9 Å². The van der Waals surface area contributed by atoms with Gasteiger partial charge < -0.3 is 5.73 Å². The van der Waals surface area contributed by atoms with E-state index in [1.165, 1.54) is 11.4 Å². The van der Waals surface area contributed by atoms with Gasteiger partial charge in [-0.3, -0.25) is 14.8 Å². The van der Waals surface area contributed by atoms with Gasteiger partial charge in [-0.2, -0.15) is 9.37 Å². The fourth-order valence-electron chi connectivity index (χ4n) is 2.20. The van der Waals surface area contributed by atoms with Gasteiger partial charge in [-0.05, 0) is 31.7 Å². The molecule has 1 aromatic rings. The number of rotatable bonds is 6. The third-order valence-corrected chi connectivity index (χ3v) is 7.45. The van der Waals surface area contributed by atoms with Crippen LogP contribution in [0, 0.1) is 5.92 Å². The molecule has 3 N–H and O–H groups in total. The highest BCUT2D eigenvalue weighted by molar-refractivity contribution is 7.91. The molecular weight excluding hydrogens is 342 g/mol. The van der Waals surface area contributed by atoms with Crippen LogP contribution < -0.4 is 10.8 Å². The zero-order valence-electron chi connectivity index (χ0n) is 12.4. The molecule has 1 aromatic heterocycles. The summed E-state index contributed by atoms with van der Waals surface area (Å²) in [7, 11) is -2.31. The quantitative estimate of drug-likeness (QED) is 0.574. The van der Waals surface area contributed by atoms with E-state index in [-0.39, 0.29) is 26.7 Å². The first kappa shape index (κ1) is 16.4. The molecule has 2 fully saturated rings. The number of nitrogens with two attached hydrogens (primary N) is 1. The topological polar surface area (TPSA) is 121 Å². The molecule has 2 aliphatic carbocycles. The summed E-state index contributed by atoms with van der Waals surface area (Å²) >= 11 is 0.675. The number of anilines is 1. The van der Waals surface area contributed by atoms with Crippen molar-refractivity contribution in [3.8, 4) is 0 Å². The number of thiophene rings is 1. The molecule has 0 unspecified atom stereocenters. The molecule has 0 saturated heterocycles. The number of primary amides is 1. The summed E-state index contributed by atoms with van der Waals surface area (Å²) in [6, 6.07) is 1.08. The van der Waals surface area contributed by atoms with Gasteiger partial charge in [-0.1, -0.05) is 0 Å². The summed E-state index contributed by atoms with van der Waals surface area (Å²) in [6.07, 6.45) is 2.93. The van der Waals surface area contributed by atoms with Crippen LogP contribution in [-0.4, -0.2) is 42.8 Å². The monoisotopic (exact) mass is 359 g/mol. The van der Waals surface area contributed by atoms with Gasteiger partial charge in [0, 0.05) is 19.0 Å². The van der Waals surface area contributed by atoms with E-state index >= 15 is 0 Å². The van der Waals surface area contributed by atoms with Crippen molar-refractivity contribution in [2.45, 2.75) is 35.9 Å². The molecule has 0 radical (unpaired) electrons. The molecule has 2 saturated carbocycles. The summed E-state index contributed by atoms with van der Waals surface area (Å²) < 4.78 is 26.2. The molecule has 23 heavy (non-hydrogen) atoms. The van der Waals surface area contributed by atoms with Crippen molar-refractivity contribution in [1.82, 2.24) is 4.31 Å². The molecule has 2 aliphatic rings. The van der Waals surface area contributed by atoms with Crippen molar-refractivity contribution in [3.63, 3.8) is 0 Å². The van der Waals surface area contributed by atoms with Crippen molar-refractivity contribution < 1.29 is 23.2 Å². The minimum Gasteiger partial charge on any atom is -0.366 e. The number of nitrogens with zero attached hydrogens (tertiary/aromatic N) is 2. The number of hydrogen-bond donors (Lipinski definition) is 2. The Morgan fingerprint density at radius 1 is 1.30 bits per heavy atom.